The number of carbonyl (C=O) groups excluding carboxylic acids is 1. The van der Waals surface area contributed by atoms with Crippen molar-refractivity contribution < 1.29 is 4.79 Å². The van der Waals surface area contributed by atoms with Crippen molar-refractivity contribution in [3.8, 4) is 0 Å². The summed E-state index contributed by atoms with van der Waals surface area (Å²) in [4.78, 5) is 26.2. The number of nitrogens with one attached hydrogen (secondary N) is 1. The molecule has 0 saturated heterocycles. The molecule has 1 N–H and O–H groups in total. The van der Waals surface area contributed by atoms with Gasteiger partial charge in [-0.15, -0.1) is 11.3 Å². The molecule has 1 unspecified atom stereocenters. The summed E-state index contributed by atoms with van der Waals surface area (Å²) in [6.45, 7) is 6.24. The number of aromatic nitrogens is 2. The molecule has 0 aliphatic carbocycles. The number of nitrogens with zero attached hydrogens (tertiary/aromatic N) is 2. The summed E-state index contributed by atoms with van der Waals surface area (Å²) < 4.78 is 3.31. The highest BCUT2D eigenvalue weighted by molar-refractivity contribution is 7.26. The van der Waals surface area contributed by atoms with Crippen LogP contribution in [0.1, 0.15) is 36.2 Å². The van der Waals surface area contributed by atoms with E-state index in [-0.39, 0.29) is 11.5 Å². The van der Waals surface area contributed by atoms with Crippen molar-refractivity contribution in [1.29, 1.82) is 0 Å². The maximum atomic E-state index is 13.3. The average molecular weight is 406 g/mol. The molecule has 6 heteroatoms. The second-order valence-electron chi connectivity index (χ2n) is 7.26. The molecule has 0 spiro atoms. The third-order valence-electron chi connectivity index (χ3n) is 5.18. The van der Waals surface area contributed by atoms with Gasteiger partial charge in [0.25, 0.3) is 5.56 Å². The highest BCUT2D eigenvalue weighted by atomic mass is 32.1. The van der Waals surface area contributed by atoms with E-state index < -0.39 is 6.04 Å². The molecule has 2 aromatic carbocycles. The van der Waals surface area contributed by atoms with E-state index in [1.807, 2.05) is 69.3 Å². The second-order valence-corrected chi connectivity index (χ2v) is 8.32. The van der Waals surface area contributed by atoms with Crippen LogP contribution in [0, 0.1) is 13.8 Å². The second kappa shape index (κ2) is 7.79. The van der Waals surface area contributed by atoms with Crippen molar-refractivity contribution in [2.75, 3.05) is 0 Å². The molecule has 1 atom stereocenters. The third kappa shape index (κ3) is 3.56. The van der Waals surface area contributed by atoms with E-state index in [9.17, 15) is 9.59 Å². The van der Waals surface area contributed by atoms with Crippen LogP contribution in [-0.2, 0) is 11.3 Å². The quantitative estimate of drug-likeness (QED) is 0.532. The molecule has 0 radical (unpaired) electrons. The number of thiophene rings is 1. The number of amides is 1. The largest absolute Gasteiger partial charge is 0.350 e. The Hall–Kier alpha value is -2.99. The monoisotopic (exact) mass is 405 g/mol. The predicted molar refractivity (Wildman–Crippen MR) is 118 cm³/mol. The van der Waals surface area contributed by atoms with Crippen LogP contribution in [0.5, 0.6) is 0 Å². The van der Waals surface area contributed by atoms with Crippen molar-refractivity contribution in [1.82, 2.24) is 15.1 Å². The maximum Gasteiger partial charge on any atom is 0.276 e. The fourth-order valence-electron chi connectivity index (χ4n) is 3.57. The Bertz CT molecular complexity index is 1260. The fraction of sp³-hybridized carbons (Fsp3) is 0.261. The van der Waals surface area contributed by atoms with E-state index in [0.717, 1.165) is 26.0 Å². The van der Waals surface area contributed by atoms with Crippen LogP contribution in [0.4, 0.5) is 0 Å². The van der Waals surface area contributed by atoms with Crippen LogP contribution in [0.15, 0.2) is 53.3 Å². The molecule has 0 fully saturated rings. The molecule has 0 bridgehead atoms. The van der Waals surface area contributed by atoms with Crippen molar-refractivity contribution in [3.63, 3.8) is 0 Å². The fourth-order valence-corrected chi connectivity index (χ4v) is 4.71. The van der Waals surface area contributed by atoms with Crippen molar-refractivity contribution >= 4 is 37.4 Å². The molecule has 4 aromatic rings. The molecule has 148 valence electrons. The lowest BCUT2D eigenvalue weighted by Gasteiger charge is -2.17. The normalized spacial score (nSPS) is 12.4. The van der Waals surface area contributed by atoms with E-state index in [1.54, 1.807) is 11.3 Å². The van der Waals surface area contributed by atoms with E-state index in [4.69, 9.17) is 0 Å². The molecule has 2 aromatic heterocycles. The topological polar surface area (TPSA) is 64.0 Å². The summed E-state index contributed by atoms with van der Waals surface area (Å²) in [5.41, 5.74) is 2.76. The first kappa shape index (κ1) is 19.3. The Labute approximate surface area is 173 Å². The predicted octanol–water partition coefficient (Wildman–Crippen LogP) is 4.50. The summed E-state index contributed by atoms with van der Waals surface area (Å²) in [5, 5.41) is 9.04. The van der Waals surface area contributed by atoms with Crippen LogP contribution < -0.4 is 10.9 Å². The Morgan fingerprint density at radius 3 is 2.59 bits per heavy atom. The van der Waals surface area contributed by atoms with E-state index in [0.29, 0.717) is 18.4 Å². The molecule has 29 heavy (non-hydrogen) atoms. The third-order valence-corrected chi connectivity index (χ3v) is 6.46. The Balaban J connectivity index is 1.70. The molecular formula is C23H23N3O2S. The molecule has 1 amide bonds. The number of benzene rings is 2. The van der Waals surface area contributed by atoms with Gasteiger partial charge in [0.2, 0.25) is 5.91 Å². The van der Waals surface area contributed by atoms with Crippen molar-refractivity contribution in [3.05, 3.63) is 75.7 Å². The summed E-state index contributed by atoms with van der Waals surface area (Å²) in [6, 6.07) is 15.2. The standard InChI is InChI=1S/C23H23N3O2S/c1-4-18(22(27)24-13-16-11-9-14(2)10-12-16)26-23(28)20-17-7-5-6-8-19(17)29-21(20)15(3)25-26/h5-12,18H,4,13H2,1-3H3,(H,24,27). The maximum absolute atomic E-state index is 13.3. The molecule has 0 aliphatic rings. The number of aryl methyl sites for hydroxylation is 2. The lowest BCUT2D eigenvalue weighted by Crippen LogP contribution is -2.38. The summed E-state index contributed by atoms with van der Waals surface area (Å²) >= 11 is 1.57. The van der Waals surface area contributed by atoms with Crippen LogP contribution >= 0.6 is 11.3 Å². The lowest BCUT2D eigenvalue weighted by molar-refractivity contribution is -0.125. The number of carbonyl (C=O) groups is 1. The van der Waals surface area contributed by atoms with Gasteiger partial charge in [-0.25, -0.2) is 4.68 Å². The first-order valence-corrected chi connectivity index (χ1v) is 10.5. The minimum Gasteiger partial charge on any atom is -0.350 e. The van der Waals surface area contributed by atoms with Gasteiger partial charge in [0.05, 0.1) is 15.8 Å². The van der Waals surface area contributed by atoms with Gasteiger partial charge in [-0.1, -0.05) is 55.0 Å². The highest BCUT2D eigenvalue weighted by Crippen LogP contribution is 2.33. The van der Waals surface area contributed by atoms with Gasteiger partial charge >= 0.3 is 0 Å². The molecule has 2 heterocycles. The van der Waals surface area contributed by atoms with Gasteiger partial charge in [-0.3, -0.25) is 9.59 Å². The van der Waals surface area contributed by atoms with Gasteiger partial charge in [0, 0.05) is 16.6 Å². The SMILES string of the molecule is CCC(C(=O)NCc1ccc(C)cc1)n1nc(C)c2sc3ccccc3c2c1=O. The molecular weight excluding hydrogens is 382 g/mol. The number of hydrogen-bond acceptors (Lipinski definition) is 4. The Kier molecular flexibility index (Phi) is 5.20. The van der Waals surface area contributed by atoms with Crippen LogP contribution in [0.3, 0.4) is 0 Å². The average Bonchev–Trinajstić information content (AvgIpc) is 3.12. The van der Waals surface area contributed by atoms with Crippen LogP contribution in [-0.4, -0.2) is 15.7 Å². The van der Waals surface area contributed by atoms with Crippen LogP contribution in [0.25, 0.3) is 20.2 Å². The smallest absolute Gasteiger partial charge is 0.276 e. The minimum absolute atomic E-state index is 0.194. The Morgan fingerprint density at radius 2 is 1.86 bits per heavy atom. The highest BCUT2D eigenvalue weighted by Gasteiger charge is 2.24. The number of rotatable bonds is 5. The zero-order chi connectivity index (χ0) is 20.5. The molecule has 0 aliphatic heterocycles. The van der Waals surface area contributed by atoms with Gasteiger partial charge in [-0.2, -0.15) is 5.10 Å². The minimum atomic E-state index is -0.644. The van der Waals surface area contributed by atoms with Crippen molar-refractivity contribution in [2.24, 2.45) is 0 Å². The molecule has 0 saturated carbocycles. The zero-order valence-corrected chi connectivity index (χ0v) is 17.5. The first-order valence-electron chi connectivity index (χ1n) is 9.73. The summed E-state index contributed by atoms with van der Waals surface area (Å²) in [7, 11) is 0. The van der Waals surface area contributed by atoms with Gasteiger partial charge < -0.3 is 5.32 Å². The van der Waals surface area contributed by atoms with Crippen molar-refractivity contribution in [2.45, 2.75) is 39.8 Å². The summed E-state index contributed by atoms with van der Waals surface area (Å²) in [6.07, 6.45) is 0.486. The number of hydrogen-bond donors (Lipinski definition) is 1. The molecule has 5 nitrogen and oxygen atoms in total. The van der Waals surface area contributed by atoms with Crippen LogP contribution in [0.2, 0.25) is 0 Å². The first-order chi connectivity index (χ1) is 14.0. The van der Waals surface area contributed by atoms with E-state index in [1.165, 1.54) is 10.2 Å². The Morgan fingerprint density at radius 1 is 1.14 bits per heavy atom. The zero-order valence-electron chi connectivity index (χ0n) is 16.7. The lowest BCUT2D eigenvalue weighted by atomic mass is 10.1. The van der Waals surface area contributed by atoms with E-state index >= 15 is 0 Å². The van der Waals surface area contributed by atoms with Gasteiger partial charge in [0.1, 0.15) is 6.04 Å². The van der Waals surface area contributed by atoms with E-state index in [2.05, 4.69) is 10.4 Å². The molecule has 4 rings (SSSR count). The van der Waals surface area contributed by atoms with Gasteiger partial charge in [-0.05, 0) is 31.9 Å². The van der Waals surface area contributed by atoms with Gasteiger partial charge in [0.15, 0.2) is 0 Å². The number of fused-ring (bicyclic) bond motifs is 3. The summed E-state index contributed by atoms with van der Waals surface area (Å²) in [5.74, 6) is -0.194.